The third kappa shape index (κ3) is 3.98. The minimum atomic E-state index is -1.01. The van der Waals surface area contributed by atoms with Crippen molar-refractivity contribution >= 4 is 51.2 Å². The average Bonchev–Trinajstić information content (AvgIpc) is 3.66. The van der Waals surface area contributed by atoms with Crippen LogP contribution in [0.15, 0.2) is 59.3 Å². The fourth-order valence-electron chi connectivity index (χ4n) is 5.99. The highest BCUT2D eigenvalue weighted by Crippen LogP contribution is 2.56. The van der Waals surface area contributed by atoms with Crippen molar-refractivity contribution in [1.29, 1.82) is 0 Å². The highest BCUT2D eigenvalue weighted by atomic mass is 35.5. The Morgan fingerprint density at radius 2 is 1.76 bits per heavy atom. The molecule has 2 aromatic carbocycles. The molecule has 38 heavy (non-hydrogen) atoms. The summed E-state index contributed by atoms with van der Waals surface area (Å²) in [5.41, 5.74) is 5.29. The third-order valence-corrected chi connectivity index (χ3v) is 8.89. The molecule has 3 aliphatic rings. The summed E-state index contributed by atoms with van der Waals surface area (Å²) in [7, 11) is 0. The van der Waals surface area contributed by atoms with Gasteiger partial charge in [0.05, 0.1) is 10.0 Å². The molecular formula is C30H25Cl2N3O3. The number of benzene rings is 2. The predicted molar refractivity (Wildman–Crippen MR) is 149 cm³/mol. The Morgan fingerprint density at radius 3 is 2.45 bits per heavy atom. The Bertz CT molecular complexity index is 1610. The Balaban J connectivity index is 1.13. The summed E-state index contributed by atoms with van der Waals surface area (Å²) in [6.07, 6.45) is 9.47. The lowest BCUT2D eigenvalue weighted by Gasteiger charge is -2.47. The van der Waals surface area contributed by atoms with Crippen LogP contribution in [0.5, 0.6) is 0 Å². The number of aromatic nitrogens is 2. The van der Waals surface area contributed by atoms with Gasteiger partial charge in [-0.2, -0.15) is 0 Å². The number of fused-ring (bicyclic) bond motifs is 1. The highest BCUT2D eigenvalue weighted by Gasteiger charge is 2.44. The van der Waals surface area contributed by atoms with Crippen LogP contribution in [-0.4, -0.2) is 34.3 Å². The molecule has 3 heterocycles. The van der Waals surface area contributed by atoms with E-state index in [9.17, 15) is 9.90 Å². The summed E-state index contributed by atoms with van der Waals surface area (Å²) in [5.74, 6) is 0.397. The second-order valence-corrected chi connectivity index (χ2v) is 11.6. The summed E-state index contributed by atoms with van der Waals surface area (Å²) in [6, 6.07) is 13.3. The molecule has 0 bridgehead atoms. The number of halogens is 2. The molecule has 1 saturated heterocycles. The first-order valence-electron chi connectivity index (χ1n) is 12.9. The number of anilines is 1. The molecule has 0 unspecified atom stereocenters. The quantitative estimate of drug-likeness (QED) is 0.275. The number of hydrogen-bond donors (Lipinski definition) is 1. The summed E-state index contributed by atoms with van der Waals surface area (Å²) in [6.45, 7) is 1.91. The fraction of sp³-hybridized carbons (Fsp3) is 0.300. The van der Waals surface area contributed by atoms with E-state index in [1.54, 1.807) is 12.3 Å². The number of aromatic carboxylic acids is 1. The van der Waals surface area contributed by atoms with E-state index in [1.165, 1.54) is 5.57 Å². The lowest BCUT2D eigenvalue weighted by Crippen LogP contribution is -2.42. The maximum Gasteiger partial charge on any atom is 0.354 e. The number of carbonyl (C=O) groups is 1. The van der Waals surface area contributed by atoms with Crippen LogP contribution in [0.25, 0.3) is 27.6 Å². The molecule has 1 N–H and O–H groups in total. The normalized spacial score (nSPS) is 18.5. The van der Waals surface area contributed by atoms with Gasteiger partial charge in [0.2, 0.25) is 0 Å². The number of allylic oxidation sites excluding steroid dienone is 2. The van der Waals surface area contributed by atoms with Crippen LogP contribution in [0, 0.1) is 5.41 Å². The topological polar surface area (TPSA) is 79.5 Å². The first kappa shape index (κ1) is 23.7. The Hall–Kier alpha value is -3.35. The number of piperidine rings is 1. The van der Waals surface area contributed by atoms with E-state index in [4.69, 9.17) is 27.7 Å². The van der Waals surface area contributed by atoms with Crippen molar-refractivity contribution in [3.8, 4) is 11.3 Å². The number of rotatable bonds is 5. The van der Waals surface area contributed by atoms with Gasteiger partial charge in [0, 0.05) is 47.4 Å². The van der Waals surface area contributed by atoms with Crippen LogP contribution < -0.4 is 4.90 Å². The molecule has 8 heteroatoms. The molecule has 0 atom stereocenters. The van der Waals surface area contributed by atoms with Gasteiger partial charge in [-0.05, 0) is 78.8 Å². The van der Waals surface area contributed by atoms with Gasteiger partial charge < -0.3 is 14.5 Å². The molecule has 7 rings (SSSR count). The molecule has 192 valence electrons. The number of hydrogen-bond acceptors (Lipinski definition) is 5. The van der Waals surface area contributed by atoms with E-state index in [-0.39, 0.29) is 11.1 Å². The third-order valence-electron chi connectivity index (χ3n) is 8.26. The molecule has 2 fully saturated rings. The molecule has 4 aromatic rings. The molecule has 1 saturated carbocycles. The van der Waals surface area contributed by atoms with Crippen molar-refractivity contribution in [2.75, 3.05) is 18.0 Å². The van der Waals surface area contributed by atoms with E-state index in [0.29, 0.717) is 16.0 Å². The summed E-state index contributed by atoms with van der Waals surface area (Å²) < 4.78 is 5.89. The van der Waals surface area contributed by atoms with Crippen LogP contribution in [0.2, 0.25) is 10.0 Å². The van der Waals surface area contributed by atoms with Crippen molar-refractivity contribution in [2.45, 2.75) is 38.0 Å². The SMILES string of the molecule is O=C(O)c1cc2ccc(N3CCC4(C=C(c5c(-c6c(Cl)cccc6Cl)noc5C5CC5)C4)CC3)cc2cn1. The minimum Gasteiger partial charge on any atom is -0.477 e. The van der Waals surface area contributed by atoms with Gasteiger partial charge >= 0.3 is 5.97 Å². The van der Waals surface area contributed by atoms with Crippen LogP contribution in [0.3, 0.4) is 0 Å². The van der Waals surface area contributed by atoms with Crippen LogP contribution in [0.1, 0.15) is 59.8 Å². The monoisotopic (exact) mass is 545 g/mol. The zero-order chi connectivity index (χ0) is 26.0. The molecule has 1 aliphatic heterocycles. The smallest absolute Gasteiger partial charge is 0.354 e. The molecular weight excluding hydrogens is 521 g/mol. The molecule has 0 radical (unpaired) electrons. The van der Waals surface area contributed by atoms with E-state index < -0.39 is 5.97 Å². The van der Waals surface area contributed by atoms with Crippen LogP contribution in [-0.2, 0) is 0 Å². The second-order valence-electron chi connectivity index (χ2n) is 10.7. The lowest BCUT2D eigenvalue weighted by atomic mass is 9.63. The first-order valence-corrected chi connectivity index (χ1v) is 13.7. The van der Waals surface area contributed by atoms with Gasteiger partial charge in [-0.25, -0.2) is 9.78 Å². The van der Waals surface area contributed by atoms with Gasteiger partial charge in [-0.15, -0.1) is 0 Å². The van der Waals surface area contributed by atoms with E-state index in [1.807, 2.05) is 24.3 Å². The fourth-order valence-corrected chi connectivity index (χ4v) is 6.56. The van der Waals surface area contributed by atoms with Crippen molar-refractivity contribution in [2.24, 2.45) is 5.41 Å². The van der Waals surface area contributed by atoms with Crippen molar-refractivity contribution in [1.82, 2.24) is 10.1 Å². The van der Waals surface area contributed by atoms with Crippen molar-refractivity contribution < 1.29 is 14.4 Å². The zero-order valence-corrected chi connectivity index (χ0v) is 22.1. The molecule has 1 spiro atoms. The standard InChI is InChI=1S/C30H25Cl2N3O3/c31-22-2-1-3-23(32)26(22)27-25(28(38-34-27)17-4-5-17)20-14-30(15-20)8-10-35(11-9-30)21-7-6-18-13-24(29(36)37)33-16-19(18)12-21/h1-3,6-7,12-14,16-17H,4-5,8-11,15H2,(H,36,37). The predicted octanol–water partition coefficient (Wildman–Crippen LogP) is 7.85. The number of carboxylic acids is 1. The van der Waals surface area contributed by atoms with Gasteiger partial charge in [0.1, 0.15) is 17.1 Å². The zero-order valence-electron chi connectivity index (χ0n) is 20.6. The average molecular weight is 546 g/mol. The van der Waals surface area contributed by atoms with Crippen LogP contribution >= 0.6 is 23.2 Å². The van der Waals surface area contributed by atoms with Gasteiger partial charge in [-0.1, -0.05) is 46.6 Å². The summed E-state index contributed by atoms with van der Waals surface area (Å²) >= 11 is 13.1. The van der Waals surface area contributed by atoms with Gasteiger partial charge in [0.15, 0.2) is 0 Å². The Labute approximate surface area is 229 Å². The largest absolute Gasteiger partial charge is 0.477 e. The van der Waals surface area contributed by atoms with E-state index in [2.05, 4.69) is 33.2 Å². The Morgan fingerprint density at radius 1 is 1.03 bits per heavy atom. The number of carboxylic acid groups (broad SMARTS) is 1. The van der Waals surface area contributed by atoms with Crippen LogP contribution in [0.4, 0.5) is 5.69 Å². The summed E-state index contributed by atoms with van der Waals surface area (Å²) in [5, 5.41) is 16.7. The summed E-state index contributed by atoms with van der Waals surface area (Å²) in [4.78, 5) is 17.7. The van der Waals surface area contributed by atoms with Crippen molar-refractivity contribution in [3.05, 3.63) is 81.8 Å². The molecule has 2 aliphatic carbocycles. The van der Waals surface area contributed by atoms with E-state index >= 15 is 0 Å². The number of nitrogens with zero attached hydrogens (tertiary/aromatic N) is 3. The maximum atomic E-state index is 11.2. The second kappa shape index (κ2) is 8.85. The Kier molecular flexibility index (Phi) is 5.53. The minimum absolute atomic E-state index is 0.0652. The first-order chi connectivity index (χ1) is 18.4. The maximum absolute atomic E-state index is 11.2. The number of pyridine rings is 1. The lowest BCUT2D eigenvalue weighted by molar-refractivity contribution is 0.0690. The van der Waals surface area contributed by atoms with Gasteiger partial charge in [0.25, 0.3) is 0 Å². The molecule has 0 amide bonds. The van der Waals surface area contributed by atoms with Crippen molar-refractivity contribution in [3.63, 3.8) is 0 Å². The highest BCUT2D eigenvalue weighted by molar-refractivity contribution is 6.39. The molecule has 6 nitrogen and oxygen atoms in total. The molecule has 2 aromatic heterocycles. The van der Waals surface area contributed by atoms with E-state index in [0.717, 1.165) is 84.2 Å². The van der Waals surface area contributed by atoms with Gasteiger partial charge in [-0.3, -0.25) is 0 Å².